The molecule has 0 spiro atoms. The molecule has 29 heavy (non-hydrogen) atoms. The highest BCUT2D eigenvalue weighted by molar-refractivity contribution is 5.91. The minimum atomic E-state index is -0.0367. The predicted octanol–water partition coefficient (Wildman–Crippen LogP) is 4.40. The highest BCUT2D eigenvalue weighted by atomic mass is 16.4. The van der Waals surface area contributed by atoms with Gasteiger partial charge in [0.25, 0.3) is 0 Å². The first kappa shape index (κ1) is 21.3. The van der Waals surface area contributed by atoms with Gasteiger partial charge in [-0.05, 0) is 68.6 Å². The maximum Gasteiger partial charge on any atom is 0.315 e. The lowest BCUT2D eigenvalue weighted by Crippen LogP contribution is -2.31. The van der Waals surface area contributed by atoms with Crippen LogP contribution in [0.25, 0.3) is 11.5 Å². The molecule has 1 aliphatic rings. The predicted molar refractivity (Wildman–Crippen MR) is 116 cm³/mol. The van der Waals surface area contributed by atoms with Gasteiger partial charge in [0, 0.05) is 24.2 Å². The molecule has 0 aliphatic carbocycles. The molecule has 1 aromatic carbocycles. The third-order valence-electron chi connectivity index (χ3n) is 4.91. The summed E-state index contributed by atoms with van der Waals surface area (Å²) in [6, 6.07) is 7.90. The van der Waals surface area contributed by atoms with Crippen LogP contribution < -0.4 is 10.6 Å². The molecule has 0 radical (unpaired) electrons. The zero-order chi connectivity index (χ0) is 20.7. The Kier molecular flexibility index (Phi) is 7.25. The number of benzene rings is 1. The minimum Gasteiger partial charge on any atom is -0.403 e. The maximum atomic E-state index is 12.0. The third kappa shape index (κ3) is 7.16. The Bertz CT molecular complexity index is 773. The Labute approximate surface area is 173 Å². The first-order chi connectivity index (χ1) is 13.9. The van der Waals surface area contributed by atoms with Gasteiger partial charge in [-0.2, -0.15) is 0 Å². The minimum absolute atomic E-state index is 0.0130. The van der Waals surface area contributed by atoms with Crippen LogP contribution in [0.3, 0.4) is 0 Å². The Balaban J connectivity index is 1.45. The second-order valence-electron chi connectivity index (χ2n) is 8.96. The lowest BCUT2D eigenvalue weighted by Gasteiger charge is -2.26. The van der Waals surface area contributed by atoms with Crippen molar-refractivity contribution in [3.05, 3.63) is 24.3 Å². The normalized spacial score (nSPS) is 15.3. The molecule has 2 N–H and O–H groups in total. The van der Waals surface area contributed by atoms with E-state index in [1.807, 2.05) is 45.0 Å². The lowest BCUT2D eigenvalue weighted by molar-refractivity contribution is -0.117. The number of anilines is 2. The molecule has 3 rings (SSSR count). The standard InChI is InChI=1S/C22H33N5O2/c1-22(2,3)16-19(28)24-18-10-8-17(9-11-18)20-25-26-21(29-20)23-12-7-15-27-13-5-4-6-14-27/h8-11H,4-7,12-16H2,1-3H3,(H,23,26)(H,24,28). The summed E-state index contributed by atoms with van der Waals surface area (Å²) in [7, 11) is 0. The average Bonchev–Trinajstić information content (AvgIpc) is 3.14. The van der Waals surface area contributed by atoms with Crippen LogP contribution in [0.4, 0.5) is 11.7 Å². The molecule has 0 atom stereocenters. The van der Waals surface area contributed by atoms with Crippen molar-refractivity contribution in [1.29, 1.82) is 0 Å². The molecule has 0 bridgehead atoms. The van der Waals surface area contributed by atoms with E-state index >= 15 is 0 Å². The molecule has 158 valence electrons. The fourth-order valence-corrected chi connectivity index (χ4v) is 3.48. The highest BCUT2D eigenvalue weighted by Crippen LogP contribution is 2.23. The van der Waals surface area contributed by atoms with Crippen molar-refractivity contribution in [3.8, 4) is 11.5 Å². The summed E-state index contributed by atoms with van der Waals surface area (Å²) < 4.78 is 5.71. The van der Waals surface area contributed by atoms with Crippen LogP contribution >= 0.6 is 0 Å². The molecule has 1 aromatic heterocycles. The second-order valence-corrected chi connectivity index (χ2v) is 8.96. The first-order valence-corrected chi connectivity index (χ1v) is 10.6. The number of hydrogen-bond acceptors (Lipinski definition) is 6. The van der Waals surface area contributed by atoms with Gasteiger partial charge in [0.1, 0.15) is 0 Å². The third-order valence-corrected chi connectivity index (χ3v) is 4.91. The van der Waals surface area contributed by atoms with E-state index in [0.29, 0.717) is 18.3 Å². The van der Waals surface area contributed by atoms with Crippen molar-refractivity contribution < 1.29 is 9.21 Å². The maximum absolute atomic E-state index is 12.0. The number of piperidine rings is 1. The van der Waals surface area contributed by atoms with E-state index in [1.54, 1.807) is 0 Å². The lowest BCUT2D eigenvalue weighted by atomic mass is 9.92. The number of carbonyl (C=O) groups excluding carboxylic acids is 1. The Morgan fingerprint density at radius 2 is 1.83 bits per heavy atom. The Morgan fingerprint density at radius 1 is 1.10 bits per heavy atom. The molecule has 2 heterocycles. The van der Waals surface area contributed by atoms with E-state index in [2.05, 4.69) is 25.7 Å². The number of aromatic nitrogens is 2. The smallest absolute Gasteiger partial charge is 0.315 e. The van der Waals surface area contributed by atoms with Crippen molar-refractivity contribution in [2.75, 3.05) is 36.8 Å². The van der Waals surface area contributed by atoms with Crippen molar-refractivity contribution in [2.24, 2.45) is 5.41 Å². The number of nitrogens with one attached hydrogen (secondary N) is 2. The van der Waals surface area contributed by atoms with Crippen molar-refractivity contribution in [3.63, 3.8) is 0 Å². The number of hydrogen-bond donors (Lipinski definition) is 2. The van der Waals surface area contributed by atoms with Crippen LogP contribution in [0.1, 0.15) is 52.9 Å². The monoisotopic (exact) mass is 399 g/mol. The van der Waals surface area contributed by atoms with Crippen LogP contribution in [0.5, 0.6) is 0 Å². The molecular weight excluding hydrogens is 366 g/mol. The van der Waals surface area contributed by atoms with Gasteiger partial charge in [-0.15, -0.1) is 5.10 Å². The van der Waals surface area contributed by atoms with Gasteiger partial charge in [-0.25, -0.2) is 0 Å². The van der Waals surface area contributed by atoms with E-state index < -0.39 is 0 Å². The summed E-state index contributed by atoms with van der Waals surface area (Å²) in [6.07, 6.45) is 5.54. The van der Waals surface area contributed by atoms with E-state index in [1.165, 1.54) is 32.4 Å². The molecule has 2 aromatic rings. The fraction of sp³-hybridized carbons (Fsp3) is 0.591. The summed E-state index contributed by atoms with van der Waals surface area (Å²) >= 11 is 0. The summed E-state index contributed by atoms with van der Waals surface area (Å²) in [5, 5.41) is 14.3. The fourth-order valence-electron chi connectivity index (χ4n) is 3.48. The zero-order valence-corrected chi connectivity index (χ0v) is 17.8. The van der Waals surface area contributed by atoms with Gasteiger partial charge in [0.2, 0.25) is 11.8 Å². The number of rotatable bonds is 8. The van der Waals surface area contributed by atoms with E-state index in [0.717, 1.165) is 30.8 Å². The summed E-state index contributed by atoms with van der Waals surface area (Å²) in [5.74, 6) is 0.482. The van der Waals surface area contributed by atoms with Gasteiger partial charge in [-0.1, -0.05) is 32.3 Å². The molecule has 0 saturated carbocycles. The number of amides is 1. The van der Waals surface area contributed by atoms with Gasteiger partial charge in [0.15, 0.2) is 0 Å². The number of nitrogens with zero attached hydrogens (tertiary/aromatic N) is 3. The summed E-state index contributed by atoms with van der Waals surface area (Å²) in [4.78, 5) is 14.6. The van der Waals surface area contributed by atoms with E-state index in [9.17, 15) is 4.79 Å². The quantitative estimate of drug-likeness (QED) is 0.640. The molecule has 1 saturated heterocycles. The van der Waals surface area contributed by atoms with Gasteiger partial charge < -0.3 is 20.0 Å². The molecule has 7 nitrogen and oxygen atoms in total. The molecule has 1 aliphatic heterocycles. The molecular formula is C22H33N5O2. The average molecular weight is 400 g/mol. The van der Waals surface area contributed by atoms with Crippen molar-refractivity contribution >= 4 is 17.6 Å². The van der Waals surface area contributed by atoms with E-state index in [4.69, 9.17) is 4.42 Å². The SMILES string of the molecule is CC(C)(C)CC(=O)Nc1ccc(-c2nnc(NCCCN3CCCCC3)o2)cc1. The second kappa shape index (κ2) is 9.87. The van der Waals surface area contributed by atoms with Gasteiger partial charge in [-0.3, -0.25) is 4.79 Å². The topological polar surface area (TPSA) is 83.3 Å². The molecule has 7 heteroatoms. The molecule has 1 fully saturated rings. The van der Waals surface area contributed by atoms with Crippen molar-refractivity contribution in [2.45, 2.75) is 52.9 Å². The molecule has 1 amide bonds. The first-order valence-electron chi connectivity index (χ1n) is 10.6. The van der Waals surface area contributed by atoms with Crippen LogP contribution in [0.15, 0.2) is 28.7 Å². The Hall–Kier alpha value is -2.41. The van der Waals surface area contributed by atoms with Crippen molar-refractivity contribution in [1.82, 2.24) is 15.1 Å². The largest absolute Gasteiger partial charge is 0.403 e. The molecule has 0 unspecified atom stereocenters. The highest BCUT2D eigenvalue weighted by Gasteiger charge is 2.16. The Morgan fingerprint density at radius 3 is 2.52 bits per heavy atom. The summed E-state index contributed by atoms with van der Waals surface area (Å²) in [6.45, 7) is 10.5. The number of likely N-dealkylation sites (tertiary alicyclic amines) is 1. The van der Waals surface area contributed by atoms with Crippen LogP contribution in [-0.4, -0.2) is 47.2 Å². The van der Waals surface area contributed by atoms with Crippen LogP contribution in [0, 0.1) is 5.41 Å². The summed E-state index contributed by atoms with van der Waals surface area (Å²) in [5.41, 5.74) is 1.55. The van der Waals surface area contributed by atoms with Gasteiger partial charge in [0.05, 0.1) is 0 Å². The number of carbonyl (C=O) groups is 1. The van der Waals surface area contributed by atoms with Gasteiger partial charge >= 0.3 is 6.01 Å². The van der Waals surface area contributed by atoms with Crippen LogP contribution in [0.2, 0.25) is 0 Å². The zero-order valence-electron chi connectivity index (χ0n) is 17.8. The van der Waals surface area contributed by atoms with Crippen LogP contribution in [-0.2, 0) is 4.79 Å². The van der Waals surface area contributed by atoms with E-state index in [-0.39, 0.29) is 11.3 Å².